The topological polar surface area (TPSA) is 76.7 Å². The maximum atomic E-state index is 5.61. The van der Waals surface area contributed by atoms with E-state index in [0.717, 1.165) is 28.6 Å². The van der Waals surface area contributed by atoms with Crippen LogP contribution in [0, 0.1) is 20.8 Å². The number of rotatable bonds is 4. The molecule has 6 heteroatoms. The third kappa shape index (κ3) is 2.90. The molecule has 0 bridgehead atoms. The zero-order chi connectivity index (χ0) is 13.1. The molecule has 2 rings (SSSR count). The third-order valence-corrected chi connectivity index (χ3v) is 3.90. The molecule has 0 aliphatic rings. The normalized spacial score (nSPS) is 12.7. The Morgan fingerprint density at radius 2 is 2.11 bits per heavy atom. The number of nitrogens with zero attached hydrogens (tertiary/aromatic N) is 3. The van der Waals surface area contributed by atoms with Gasteiger partial charge in [0.25, 0.3) is 0 Å². The van der Waals surface area contributed by atoms with Gasteiger partial charge < -0.3 is 0 Å². The Bertz CT molecular complexity index is 518. The van der Waals surface area contributed by atoms with Gasteiger partial charge in [-0.05, 0) is 26.8 Å². The summed E-state index contributed by atoms with van der Waals surface area (Å²) in [6.45, 7) is 5.97. The zero-order valence-electron chi connectivity index (χ0n) is 10.8. The van der Waals surface area contributed by atoms with Crippen LogP contribution in [0.1, 0.15) is 33.1 Å². The van der Waals surface area contributed by atoms with E-state index in [4.69, 9.17) is 5.84 Å². The molecule has 2 aromatic heterocycles. The van der Waals surface area contributed by atoms with Gasteiger partial charge in [0.15, 0.2) is 0 Å². The Hall–Kier alpha value is -1.37. The minimum atomic E-state index is -0.0309. The lowest BCUT2D eigenvalue weighted by molar-refractivity contribution is 0.534. The largest absolute Gasteiger partial charge is 0.271 e. The van der Waals surface area contributed by atoms with Gasteiger partial charge in [-0.25, -0.2) is 15.0 Å². The van der Waals surface area contributed by atoms with Crippen LogP contribution in [0.3, 0.4) is 0 Å². The molecule has 1 atom stereocenters. The van der Waals surface area contributed by atoms with Crippen LogP contribution in [0.2, 0.25) is 0 Å². The van der Waals surface area contributed by atoms with Gasteiger partial charge in [0.2, 0.25) is 0 Å². The van der Waals surface area contributed by atoms with E-state index in [2.05, 4.69) is 27.3 Å². The van der Waals surface area contributed by atoms with Crippen LogP contribution >= 0.6 is 11.3 Å². The number of nitrogens with one attached hydrogen (secondary N) is 1. The van der Waals surface area contributed by atoms with Crippen LogP contribution in [-0.2, 0) is 6.42 Å². The van der Waals surface area contributed by atoms with Gasteiger partial charge in [0.05, 0.1) is 22.4 Å². The Labute approximate surface area is 110 Å². The van der Waals surface area contributed by atoms with Crippen LogP contribution in [0.15, 0.2) is 12.3 Å². The Morgan fingerprint density at radius 1 is 1.33 bits per heavy atom. The third-order valence-electron chi connectivity index (χ3n) is 2.81. The molecule has 0 radical (unpaired) electrons. The fourth-order valence-corrected chi connectivity index (χ4v) is 2.70. The van der Waals surface area contributed by atoms with Gasteiger partial charge in [-0.15, -0.1) is 11.3 Å². The zero-order valence-corrected chi connectivity index (χ0v) is 11.6. The Kier molecular flexibility index (Phi) is 4.00. The average Bonchev–Trinajstić information content (AvgIpc) is 2.65. The molecular formula is C12H17N5S. The second-order valence-electron chi connectivity index (χ2n) is 4.20. The molecule has 96 valence electrons. The second kappa shape index (κ2) is 5.51. The first-order chi connectivity index (χ1) is 8.60. The molecule has 2 aromatic rings. The highest BCUT2D eigenvalue weighted by Crippen LogP contribution is 2.22. The maximum absolute atomic E-state index is 5.61. The molecular weight excluding hydrogens is 246 g/mol. The summed E-state index contributed by atoms with van der Waals surface area (Å²) in [5, 5.41) is 1.07. The number of nitrogens with two attached hydrogens (primary N) is 1. The van der Waals surface area contributed by atoms with E-state index >= 15 is 0 Å². The predicted molar refractivity (Wildman–Crippen MR) is 72.1 cm³/mol. The molecule has 5 nitrogen and oxygen atoms in total. The highest BCUT2D eigenvalue weighted by molar-refractivity contribution is 7.11. The van der Waals surface area contributed by atoms with E-state index in [-0.39, 0.29) is 6.04 Å². The highest BCUT2D eigenvalue weighted by atomic mass is 32.1. The first-order valence-corrected chi connectivity index (χ1v) is 6.60. The summed E-state index contributed by atoms with van der Waals surface area (Å²) in [7, 11) is 0. The smallest absolute Gasteiger partial charge is 0.125 e. The first-order valence-electron chi connectivity index (χ1n) is 5.78. The summed E-state index contributed by atoms with van der Waals surface area (Å²) in [6.07, 6.45) is 2.49. The SMILES string of the molecule is Cc1nccc(C(Cc2nc(C)c(C)s2)NN)n1. The molecule has 0 fully saturated rings. The van der Waals surface area contributed by atoms with E-state index in [9.17, 15) is 0 Å². The summed E-state index contributed by atoms with van der Waals surface area (Å²) >= 11 is 1.71. The summed E-state index contributed by atoms with van der Waals surface area (Å²) in [4.78, 5) is 14.3. The molecule has 0 aliphatic heterocycles. The van der Waals surface area contributed by atoms with Crippen molar-refractivity contribution in [2.24, 2.45) is 5.84 Å². The monoisotopic (exact) mass is 263 g/mol. The van der Waals surface area contributed by atoms with Crippen LogP contribution in [-0.4, -0.2) is 15.0 Å². The average molecular weight is 263 g/mol. The highest BCUT2D eigenvalue weighted by Gasteiger charge is 2.15. The van der Waals surface area contributed by atoms with Crippen molar-refractivity contribution in [3.05, 3.63) is 39.4 Å². The van der Waals surface area contributed by atoms with Gasteiger partial charge in [0.1, 0.15) is 5.82 Å². The van der Waals surface area contributed by atoms with E-state index in [1.807, 2.05) is 19.9 Å². The fourth-order valence-electron chi connectivity index (χ4n) is 1.72. The number of hydrogen-bond donors (Lipinski definition) is 2. The van der Waals surface area contributed by atoms with Crippen LogP contribution in [0.5, 0.6) is 0 Å². The fraction of sp³-hybridized carbons (Fsp3) is 0.417. The summed E-state index contributed by atoms with van der Waals surface area (Å²) in [5.74, 6) is 6.36. The number of hydrogen-bond acceptors (Lipinski definition) is 6. The van der Waals surface area contributed by atoms with Crippen molar-refractivity contribution >= 4 is 11.3 Å². The lowest BCUT2D eigenvalue weighted by atomic mass is 10.1. The molecule has 18 heavy (non-hydrogen) atoms. The minimum absolute atomic E-state index is 0.0309. The first kappa shape index (κ1) is 13.1. The van der Waals surface area contributed by atoms with Crippen LogP contribution < -0.4 is 11.3 Å². The lowest BCUT2D eigenvalue weighted by Crippen LogP contribution is -2.30. The van der Waals surface area contributed by atoms with E-state index < -0.39 is 0 Å². The summed E-state index contributed by atoms with van der Waals surface area (Å²) in [5.41, 5.74) is 4.79. The number of hydrazine groups is 1. The Morgan fingerprint density at radius 3 is 2.67 bits per heavy atom. The van der Waals surface area contributed by atoms with Gasteiger partial charge in [-0.3, -0.25) is 11.3 Å². The van der Waals surface area contributed by atoms with Crippen molar-refractivity contribution < 1.29 is 0 Å². The molecule has 0 amide bonds. The van der Waals surface area contributed by atoms with Gasteiger partial charge in [-0.2, -0.15) is 0 Å². The van der Waals surface area contributed by atoms with Gasteiger partial charge in [-0.1, -0.05) is 0 Å². The molecule has 0 aliphatic carbocycles. The molecule has 1 unspecified atom stereocenters. The summed E-state index contributed by atoms with van der Waals surface area (Å²) < 4.78 is 0. The Balaban J connectivity index is 2.19. The second-order valence-corrected chi connectivity index (χ2v) is 5.49. The van der Waals surface area contributed by atoms with Crippen molar-refractivity contribution in [1.29, 1.82) is 0 Å². The van der Waals surface area contributed by atoms with Gasteiger partial charge >= 0.3 is 0 Å². The van der Waals surface area contributed by atoms with E-state index in [1.54, 1.807) is 17.5 Å². The van der Waals surface area contributed by atoms with Crippen LogP contribution in [0.25, 0.3) is 0 Å². The predicted octanol–water partition coefficient (Wildman–Crippen LogP) is 1.61. The van der Waals surface area contributed by atoms with Crippen molar-refractivity contribution in [1.82, 2.24) is 20.4 Å². The number of aryl methyl sites for hydroxylation is 3. The quantitative estimate of drug-likeness (QED) is 0.647. The van der Waals surface area contributed by atoms with Gasteiger partial charge in [0, 0.05) is 17.5 Å². The van der Waals surface area contributed by atoms with Crippen molar-refractivity contribution in [2.75, 3.05) is 0 Å². The van der Waals surface area contributed by atoms with Crippen molar-refractivity contribution in [2.45, 2.75) is 33.2 Å². The van der Waals surface area contributed by atoms with E-state index in [1.165, 1.54) is 4.88 Å². The summed E-state index contributed by atoms with van der Waals surface area (Å²) in [6, 6.07) is 1.85. The molecule has 0 saturated heterocycles. The number of aromatic nitrogens is 3. The molecule has 2 heterocycles. The molecule has 3 N–H and O–H groups in total. The number of thiazole rings is 1. The molecule has 0 spiro atoms. The maximum Gasteiger partial charge on any atom is 0.125 e. The molecule has 0 aromatic carbocycles. The van der Waals surface area contributed by atoms with Crippen molar-refractivity contribution in [3.8, 4) is 0 Å². The molecule has 0 saturated carbocycles. The standard InChI is InChI=1S/C12H17N5S/c1-7-8(2)18-12(15-7)6-11(17-13)10-4-5-14-9(3)16-10/h4-5,11,17H,6,13H2,1-3H3. The van der Waals surface area contributed by atoms with Crippen LogP contribution in [0.4, 0.5) is 0 Å². The van der Waals surface area contributed by atoms with E-state index in [0.29, 0.717) is 0 Å². The lowest BCUT2D eigenvalue weighted by Gasteiger charge is -2.13. The van der Waals surface area contributed by atoms with Crippen molar-refractivity contribution in [3.63, 3.8) is 0 Å². The minimum Gasteiger partial charge on any atom is -0.271 e.